The van der Waals surface area contributed by atoms with E-state index in [4.69, 9.17) is 0 Å². The summed E-state index contributed by atoms with van der Waals surface area (Å²) in [6.45, 7) is 6.98. The quantitative estimate of drug-likeness (QED) is 0.368. The number of benzene rings is 1. The number of likely N-dealkylation sites (N-methyl/N-ethyl adjacent to an activating group) is 1. The molecule has 1 fully saturated rings. The Bertz CT molecular complexity index is 1430. The number of anilines is 1. The second-order valence-electron chi connectivity index (χ2n) is 8.62. The Balaban J connectivity index is 1.70. The van der Waals surface area contributed by atoms with Crippen molar-refractivity contribution in [1.82, 2.24) is 14.2 Å². The van der Waals surface area contributed by atoms with Crippen LogP contribution in [-0.4, -0.2) is 82.0 Å². The molecule has 0 spiro atoms. The summed E-state index contributed by atoms with van der Waals surface area (Å²) in [6, 6.07) is 7.16. The van der Waals surface area contributed by atoms with Gasteiger partial charge in [0.2, 0.25) is 5.91 Å². The Morgan fingerprint density at radius 1 is 1.14 bits per heavy atom. The SMILES string of the molecule is CCN(CC)CCN(C(=O)C1CCCN1S(=O)(=O)c1cccs1)c1nc2ccc(S(C)(=O)=O)cc2s1. The molecule has 3 aromatic rings. The van der Waals surface area contributed by atoms with E-state index in [-0.39, 0.29) is 21.6 Å². The highest BCUT2D eigenvalue weighted by Crippen LogP contribution is 2.34. The van der Waals surface area contributed by atoms with Crippen molar-refractivity contribution >= 4 is 63.8 Å². The van der Waals surface area contributed by atoms with E-state index in [1.807, 2.05) is 13.8 Å². The smallest absolute Gasteiger partial charge is 0.253 e. The van der Waals surface area contributed by atoms with Crippen LogP contribution in [0.5, 0.6) is 0 Å². The molecule has 0 bridgehead atoms. The average Bonchev–Trinajstić information content (AvgIpc) is 3.61. The van der Waals surface area contributed by atoms with E-state index in [1.54, 1.807) is 34.5 Å². The monoisotopic (exact) mass is 570 g/mol. The van der Waals surface area contributed by atoms with Gasteiger partial charge in [-0.25, -0.2) is 21.8 Å². The number of hydrogen-bond acceptors (Lipinski definition) is 9. The van der Waals surface area contributed by atoms with Gasteiger partial charge in [-0.05, 0) is 55.6 Å². The van der Waals surface area contributed by atoms with Crippen molar-refractivity contribution in [2.24, 2.45) is 0 Å². The molecule has 1 aromatic carbocycles. The van der Waals surface area contributed by atoms with Crippen molar-refractivity contribution in [2.45, 2.75) is 41.8 Å². The van der Waals surface area contributed by atoms with Gasteiger partial charge in [-0.3, -0.25) is 9.69 Å². The van der Waals surface area contributed by atoms with E-state index in [0.717, 1.165) is 30.7 Å². The summed E-state index contributed by atoms with van der Waals surface area (Å²) in [7, 11) is -7.17. The molecule has 13 heteroatoms. The number of fused-ring (bicyclic) bond motifs is 1. The largest absolute Gasteiger partial charge is 0.302 e. The molecule has 1 atom stereocenters. The van der Waals surface area contributed by atoms with Crippen LogP contribution in [0.4, 0.5) is 5.13 Å². The molecule has 9 nitrogen and oxygen atoms in total. The van der Waals surface area contributed by atoms with E-state index in [1.165, 1.54) is 21.7 Å². The summed E-state index contributed by atoms with van der Waals surface area (Å²) in [4.78, 5) is 22.5. The van der Waals surface area contributed by atoms with Gasteiger partial charge in [0.05, 0.1) is 15.1 Å². The van der Waals surface area contributed by atoms with Gasteiger partial charge in [0.1, 0.15) is 10.3 Å². The van der Waals surface area contributed by atoms with Crippen molar-refractivity contribution in [3.63, 3.8) is 0 Å². The van der Waals surface area contributed by atoms with E-state index in [2.05, 4.69) is 9.88 Å². The molecule has 0 aliphatic carbocycles. The van der Waals surface area contributed by atoms with Gasteiger partial charge >= 0.3 is 0 Å². The second kappa shape index (κ2) is 10.8. The van der Waals surface area contributed by atoms with Crippen LogP contribution in [0.15, 0.2) is 44.8 Å². The first-order valence-electron chi connectivity index (χ1n) is 11.8. The third kappa shape index (κ3) is 5.50. The van der Waals surface area contributed by atoms with Crippen molar-refractivity contribution in [1.29, 1.82) is 0 Å². The lowest BCUT2D eigenvalue weighted by Crippen LogP contribution is -2.49. The van der Waals surface area contributed by atoms with Gasteiger partial charge in [-0.15, -0.1) is 11.3 Å². The van der Waals surface area contributed by atoms with Gasteiger partial charge < -0.3 is 4.90 Å². The first kappa shape index (κ1) is 27.1. The topological polar surface area (TPSA) is 108 Å². The predicted octanol–water partition coefficient (Wildman–Crippen LogP) is 3.29. The molecule has 1 saturated heterocycles. The molecule has 1 amide bonds. The lowest BCUT2D eigenvalue weighted by Gasteiger charge is -2.29. The highest BCUT2D eigenvalue weighted by molar-refractivity contribution is 7.91. The third-order valence-corrected chi connectivity index (χ3v) is 11.8. The zero-order valence-corrected chi connectivity index (χ0v) is 23.7. The number of thiophene rings is 1. The minimum atomic E-state index is -3.78. The van der Waals surface area contributed by atoms with E-state index < -0.39 is 25.9 Å². The summed E-state index contributed by atoms with van der Waals surface area (Å²) >= 11 is 2.38. The van der Waals surface area contributed by atoms with E-state index >= 15 is 0 Å². The fourth-order valence-corrected chi connectivity index (χ4v) is 8.83. The number of carbonyl (C=O) groups excluding carboxylic acids is 1. The maximum absolute atomic E-state index is 13.9. The lowest BCUT2D eigenvalue weighted by molar-refractivity contribution is -0.121. The molecule has 1 unspecified atom stereocenters. The van der Waals surface area contributed by atoms with Gasteiger partial charge in [-0.1, -0.05) is 31.3 Å². The van der Waals surface area contributed by atoms with Crippen LogP contribution in [0.2, 0.25) is 0 Å². The zero-order chi connectivity index (χ0) is 26.1. The molecule has 3 heterocycles. The molecular weight excluding hydrogens is 541 g/mol. The van der Waals surface area contributed by atoms with Gasteiger partial charge in [0, 0.05) is 25.9 Å². The van der Waals surface area contributed by atoms with Crippen LogP contribution in [0.3, 0.4) is 0 Å². The first-order valence-corrected chi connectivity index (χ1v) is 16.8. The Morgan fingerprint density at radius 2 is 1.89 bits per heavy atom. The van der Waals surface area contributed by atoms with Crippen molar-refractivity contribution in [3.8, 4) is 0 Å². The summed E-state index contributed by atoms with van der Waals surface area (Å²) in [5.74, 6) is -0.304. The summed E-state index contributed by atoms with van der Waals surface area (Å²) < 4.78 is 52.8. The van der Waals surface area contributed by atoms with E-state index in [9.17, 15) is 21.6 Å². The highest BCUT2D eigenvalue weighted by Gasteiger charge is 2.42. The summed E-state index contributed by atoms with van der Waals surface area (Å²) in [5.41, 5.74) is 0.595. The molecule has 0 saturated carbocycles. The van der Waals surface area contributed by atoms with Crippen LogP contribution in [0, 0.1) is 0 Å². The van der Waals surface area contributed by atoms with Crippen molar-refractivity contribution < 1.29 is 21.6 Å². The van der Waals surface area contributed by atoms with Crippen LogP contribution >= 0.6 is 22.7 Å². The summed E-state index contributed by atoms with van der Waals surface area (Å²) in [5, 5.41) is 2.15. The number of sulfonamides is 1. The number of carbonyl (C=O) groups is 1. The minimum Gasteiger partial charge on any atom is -0.302 e. The van der Waals surface area contributed by atoms with Gasteiger partial charge in [-0.2, -0.15) is 4.31 Å². The number of thiazole rings is 1. The number of aromatic nitrogens is 1. The third-order valence-electron chi connectivity index (χ3n) is 6.35. The summed E-state index contributed by atoms with van der Waals surface area (Å²) in [6.07, 6.45) is 2.19. The number of sulfone groups is 1. The predicted molar refractivity (Wildman–Crippen MR) is 144 cm³/mol. The lowest BCUT2D eigenvalue weighted by atomic mass is 10.2. The first-order chi connectivity index (χ1) is 17.1. The molecule has 0 N–H and O–H groups in total. The van der Waals surface area contributed by atoms with Crippen LogP contribution in [-0.2, 0) is 24.7 Å². The molecule has 4 rings (SSSR count). The fourth-order valence-electron chi connectivity index (χ4n) is 4.30. The molecule has 36 heavy (non-hydrogen) atoms. The van der Waals surface area contributed by atoms with Gasteiger partial charge in [0.25, 0.3) is 10.0 Å². The van der Waals surface area contributed by atoms with Crippen LogP contribution in [0.25, 0.3) is 10.2 Å². The number of amides is 1. The van der Waals surface area contributed by atoms with Gasteiger partial charge in [0.15, 0.2) is 15.0 Å². The highest BCUT2D eigenvalue weighted by atomic mass is 32.2. The molecular formula is C23H30N4O5S4. The van der Waals surface area contributed by atoms with Crippen molar-refractivity contribution in [2.75, 3.05) is 43.9 Å². The standard InChI is InChI=1S/C23H30N4O5S4/c1-4-25(5-2)13-14-26(23-24-18-11-10-17(35(3,29)30)16-20(18)34-23)22(28)19-8-6-12-27(19)36(31,32)21-9-7-15-33-21/h7,9-11,15-16,19H,4-6,8,12-14H2,1-3H3. The normalized spacial score (nSPS) is 17.3. The van der Waals surface area contributed by atoms with Crippen LogP contribution < -0.4 is 4.90 Å². The molecule has 2 aromatic heterocycles. The average molecular weight is 571 g/mol. The molecule has 1 aliphatic heterocycles. The number of hydrogen-bond donors (Lipinski definition) is 0. The van der Waals surface area contributed by atoms with Crippen LogP contribution in [0.1, 0.15) is 26.7 Å². The number of nitrogens with zero attached hydrogens (tertiary/aromatic N) is 4. The Morgan fingerprint density at radius 3 is 2.53 bits per heavy atom. The Kier molecular flexibility index (Phi) is 8.17. The molecule has 1 aliphatic rings. The number of rotatable bonds is 10. The van der Waals surface area contributed by atoms with Crippen molar-refractivity contribution in [3.05, 3.63) is 35.7 Å². The maximum Gasteiger partial charge on any atom is 0.253 e. The fraction of sp³-hybridized carbons (Fsp3) is 0.478. The minimum absolute atomic E-state index is 0.190. The second-order valence-corrected chi connectivity index (χ2v) is 14.7. The maximum atomic E-state index is 13.9. The van der Waals surface area contributed by atoms with E-state index in [0.29, 0.717) is 41.3 Å². The Hall–Kier alpha value is -1.90. The zero-order valence-electron chi connectivity index (χ0n) is 20.5. The molecule has 196 valence electrons. The Labute approximate surface area is 220 Å². The molecule has 0 radical (unpaired) electrons.